The number of anilines is 1. The minimum absolute atomic E-state index is 0.0204. The second-order valence-corrected chi connectivity index (χ2v) is 10.0. The molecule has 0 bridgehead atoms. The maximum Gasteiger partial charge on any atom is 0.401 e. The molecule has 216 valence electrons. The van der Waals surface area contributed by atoms with Gasteiger partial charge in [-0.25, -0.2) is 9.37 Å². The number of rotatable bonds is 10. The van der Waals surface area contributed by atoms with Gasteiger partial charge in [0.15, 0.2) is 23.1 Å². The number of aliphatic hydroxyl groups is 1. The number of amides is 1. The summed E-state index contributed by atoms with van der Waals surface area (Å²) in [6, 6.07) is 8.60. The molecule has 1 saturated carbocycles. The van der Waals surface area contributed by atoms with Crippen LogP contribution in [-0.2, 0) is 16.6 Å². The van der Waals surface area contributed by atoms with Crippen molar-refractivity contribution in [1.82, 2.24) is 15.1 Å². The number of aromatic nitrogens is 3. The molecule has 9 nitrogen and oxygen atoms in total. The molecule has 4 aromatic rings. The Morgan fingerprint density at radius 1 is 1.17 bits per heavy atom. The molecule has 1 unspecified atom stereocenters. The molecule has 1 aliphatic rings. The van der Waals surface area contributed by atoms with Gasteiger partial charge in [0.25, 0.3) is 0 Å². The van der Waals surface area contributed by atoms with Gasteiger partial charge < -0.3 is 24.4 Å². The zero-order valence-electron chi connectivity index (χ0n) is 22.1. The first kappa shape index (κ1) is 28.3. The van der Waals surface area contributed by atoms with E-state index in [1.165, 1.54) is 25.4 Å². The second-order valence-electron chi connectivity index (χ2n) is 10.0. The molecule has 0 spiro atoms. The Morgan fingerprint density at radius 3 is 2.59 bits per heavy atom. The first-order chi connectivity index (χ1) is 19.5. The molecule has 1 aliphatic carbocycles. The number of carbonyl (C=O) groups is 1. The zero-order valence-corrected chi connectivity index (χ0v) is 22.1. The van der Waals surface area contributed by atoms with Crippen LogP contribution in [0.3, 0.4) is 0 Å². The molecule has 1 amide bonds. The van der Waals surface area contributed by atoms with E-state index in [1.807, 2.05) is 6.92 Å². The van der Waals surface area contributed by atoms with Gasteiger partial charge in [-0.1, -0.05) is 24.2 Å². The summed E-state index contributed by atoms with van der Waals surface area (Å²) >= 11 is 0. The summed E-state index contributed by atoms with van der Waals surface area (Å²) in [5.41, 5.74) is -0.189. The van der Waals surface area contributed by atoms with Gasteiger partial charge >= 0.3 is 6.18 Å². The highest BCUT2D eigenvalue weighted by molar-refractivity contribution is 5.91. The van der Waals surface area contributed by atoms with Crippen LogP contribution in [0, 0.1) is 11.7 Å². The molecular formula is C28H26F4N4O5. The topological polar surface area (TPSA) is 120 Å². The molecule has 41 heavy (non-hydrogen) atoms. The van der Waals surface area contributed by atoms with Crippen LogP contribution in [0.1, 0.15) is 31.1 Å². The van der Waals surface area contributed by atoms with E-state index in [0.717, 1.165) is 6.07 Å². The number of aliphatic hydroxyl groups excluding tert-OH is 1. The second kappa shape index (κ2) is 11.0. The van der Waals surface area contributed by atoms with E-state index in [9.17, 15) is 27.5 Å². The molecular weight excluding hydrogens is 548 g/mol. The number of halogens is 4. The molecule has 5 rings (SSSR count). The fraction of sp³-hybridized carbons (Fsp3) is 0.357. The normalized spacial score (nSPS) is 15.0. The Labute approximate surface area is 231 Å². The first-order valence-corrected chi connectivity index (χ1v) is 12.7. The van der Waals surface area contributed by atoms with E-state index in [1.54, 1.807) is 18.2 Å². The van der Waals surface area contributed by atoms with E-state index >= 15 is 0 Å². The fourth-order valence-corrected chi connectivity index (χ4v) is 4.28. The van der Waals surface area contributed by atoms with Crippen LogP contribution in [0.2, 0.25) is 0 Å². The van der Waals surface area contributed by atoms with Crippen molar-refractivity contribution >= 4 is 22.8 Å². The van der Waals surface area contributed by atoms with Crippen LogP contribution >= 0.6 is 0 Å². The molecule has 1 fully saturated rings. The number of carbonyl (C=O) groups excluding carboxylic acids is 1. The van der Waals surface area contributed by atoms with Crippen molar-refractivity contribution < 1.29 is 41.5 Å². The lowest BCUT2D eigenvalue weighted by molar-refractivity contribution is -0.165. The average molecular weight is 575 g/mol. The fourth-order valence-electron chi connectivity index (χ4n) is 4.28. The predicted octanol–water partition coefficient (Wildman–Crippen LogP) is 5.21. The van der Waals surface area contributed by atoms with Crippen LogP contribution in [0.15, 0.2) is 47.1 Å². The number of ether oxygens (including phenoxy) is 2. The van der Waals surface area contributed by atoms with Gasteiger partial charge in [0.1, 0.15) is 11.2 Å². The van der Waals surface area contributed by atoms with E-state index in [4.69, 9.17) is 14.0 Å². The molecule has 2 N–H and O–H groups in total. The quantitative estimate of drug-likeness (QED) is 0.248. The molecule has 0 radical (unpaired) electrons. The van der Waals surface area contributed by atoms with Crippen LogP contribution in [0.5, 0.6) is 11.5 Å². The molecule has 0 aliphatic heterocycles. The van der Waals surface area contributed by atoms with Crippen LogP contribution < -0.4 is 14.8 Å². The number of nitrogens with zero attached hydrogens (tertiary/aromatic N) is 3. The molecule has 0 saturated heterocycles. The highest BCUT2D eigenvalue weighted by atomic mass is 19.4. The third kappa shape index (κ3) is 5.80. The van der Waals surface area contributed by atoms with Crippen molar-refractivity contribution in [2.24, 2.45) is 5.92 Å². The van der Waals surface area contributed by atoms with Crippen molar-refractivity contribution in [1.29, 1.82) is 0 Å². The van der Waals surface area contributed by atoms with Gasteiger partial charge in [-0.2, -0.15) is 13.2 Å². The molecule has 13 heteroatoms. The largest absolute Gasteiger partial charge is 0.493 e. The molecule has 2 heterocycles. The minimum Gasteiger partial charge on any atom is -0.493 e. The smallest absolute Gasteiger partial charge is 0.401 e. The van der Waals surface area contributed by atoms with Gasteiger partial charge in [-0.05, 0) is 24.5 Å². The summed E-state index contributed by atoms with van der Waals surface area (Å²) in [6.07, 6.45) is -3.59. The van der Waals surface area contributed by atoms with Crippen molar-refractivity contribution in [3.63, 3.8) is 0 Å². The monoisotopic (exact) mass is 574 g/mol. The van der Waals surface area contributed by atoms with Crippen molar-refractivity contribution in [2.45, 2.75) is 37.8 Å². The van der Waals surface area contributed by atoms with Gasteiger partial charge in [0, 0.05) is 36.3 Å². The minimum atomic E-state index is -4.48. The van der Waals surface area contributed by atoms with E-state index < -0.39 is 23.3 Å². The Hall–Kier alpha value is -4.26. The van der Waals surface area contributed by atoms with E-state index in [-0.39, 0.29) is 55.5 Å². The number of methoxy groups -OCH3 is 1. The van der Waals surface area contributed by atoms with E-state index in [2.05, 4.69) is 20.4 Å². The highest BCUT2D eigenvalue weighted by Crippen LogP contribution is 2.59. The number of hydrogen-bond donors (Lipinski definition) is 2. The van der Waals surface area contributed by atoms with Gasteiger partial charge in [0.2, 0.25) is 5.91 Å². The van der Waals surface area contributed by atoms with Crippen molar-refractivity contribution in [3.05, 3.63) is 59.7 Å². The van der Waals surface area contributed by atoms with Crippen LogP contribution in [0.25, 0.3) is 22.3 Å². The van der Waals surface area contributed by atoms with E-state index in [0.29, 0.717) is 33.8 Å². The van der Waals surface area contributed by atoms with Gasteiger partial charge in [-0.15, -0.1) is 0 Å². The van der Waals surface area contributed by atoms with Gasteiger partial charge in [-0.3, -0.25) is 9.78 Å². The summed E-state index contributed by atoms with van der Waals surface area (Å²) in [5, 5.41) is 15.1. The standard InChI is InChI=1S/C28H26F4N4O5/c1-15(13-37)14-40-23-9-19-20(10-22(23)39-2)34-21(12-33-19)17-4-3-16(18(29)7-17)8-26(38)35-25-11-24(41-36-25)27(5-6-27)28(30,31)32/h3-4,7,9-12,15,37H,5-6,8,13-14H2,1-2H3,(H,35,36,38). The first-order valence-electron chi connectivity index (χ1n) is 12.7. The van der Waals surface area contributed by atoms with Crippen molar-refractivity contribution in [3.8, 4) is 22.8 Å². The Balaban J connectivity index is 1.28. The molecule has 2 aromatic heterocycles. The number of benzene rings is 2. The predicted molar refractivity (Wildman–Crippen MR) is 139 cm³/mol. The molecule has 2 aromatic carbocycles. The summed E-state index contributed by atoms with van der Waals surface area (Å²) in [6.45, 7) is 2.10. The maximum absolute atomic E-state index is 15.0. The maximum atomic E-state index is 15.0. The summed E-state index contributed by atoms with van der Waals surface area (Å²) < 4.78 is 70.8. The summed E-state index contributed by atoms with van der Waals surface area (Å²) in [4.78, 5) is 21.4. The lowest BCUT2D eigenvalue weighted by Gasteiger charge is -2.14. The SMILES string of the molecule is COc1cc2nc(-c3ccc(CC(=O)Nc4cc(C5(C(F)(F)F)CC5)on4)c(F)c3)cnc2cc1OCC(C)CO. The zero-order chi connectivity index (χ0) is 29.4. The average Bonchev–Trinajstić information content (AvgIpc) is 3.65. The summed E-state index contributed by atoms with van der Waals surface area (Å²) in [7, 11) is 1.48. The third-order valence-corrected chi connectivity index (χ3v) is 6.90. The Kier molecular flexibility index (Phi) is 7.56. The molecule has 1 atom stereocenters. The lowest BCUT2D eigenvalue weighted by atomic mass is 10.0. The Bertz CT molecular complexity index is 1590. The Morgan fingerprint density at radius 2 is 1.93 bits per heavy atom. The van der Waals surface area contributed by atoms with Crippen LogP contribution in [-0.4, -0.2) is 52.6 Å². The van der Waals surface area contributed by atoms with Gasteiger partial charge in [0.05, 0.1) is 43.1 Å². The summed E-state index contributed by atoms with van der Waals surface area (Å²) in [5.74, 6) is -1.06. The van der Waals surface area contributed by atoms with Crippen molar-refractivity contribution in [2.75, 3.05) is 25.6 Å². The number of hydrogen-bond acceptors (Lipinski definition) is 8. The number of fused-ring (bicyclic) bond motifs is 1. The lowest BCUT2D eigenvalue weighted by Crippen LogP contribution is -2.28. The van der Waals surface area contributed by atoms with Crippen LogP contribution in [0.4, 0.5) is 23.4 Å². The third-order valence-electron chi connectivity index (χ3n) is 6.90. The number of nitrogens with one attached hydrogen (secondary N) is 1. The highest BCUT2D eigenvalue weighted by Gasteiger charge is 2.66. The number of alkyl halides is 3.